The monoisotopic (exact) mass is 339 g/mol. The first-order chi connectivity index (χ1) is 10.5. The molecule has 4 atom stereocenters. The topological polar surface area (TPSA) is 66.8 Å². The number of halogens is 2. The number of aliphatic hydroxyl groups is 1. The summed E-state index contributed by atoms with van der Waals surface area (Å²) >= 11 is 12.1. The highest BCUT2D eigenvalue weighted by Crippen LogP contribution is 2.52. The third kappa shape index (κ3) is 1.62. The molecule has 7 heteroatoms. The van der Waals surface area contributed by atoms with Crippen LogP contribution in [0.3, 0.4) is 0 Å². The highest BCUT2D eigenvalue weighted by atomic mass is 35.5. The van der Waals surface area contributed by atoms with Gasteiger partial charge < -0.3 is 9.84 Å². The number of nitrogens with zero attached hydrogens (tertiary/aromatic N) is 1. The molecule has 3 heterocycles. The zero-order valence-electron chi connectivity index (χ0n) is 11.2. The predicted octanol–water partition coefficient (Wildman–Crippen LogP) is 1.80. The minimum atomic E-state index is -1.11. The van der Waals surface area contributed by atoms with E-state index in [-0.39, 0.29) is 23.2 Å². The molecule has 114 valence electrons. The number of aliphatic hydroxyl groups excluding tert-OH is 1. The van der Waals surface area contributed by atoms with Crippen molar-refractivity contribution in [3.63, 3.8) is 0 Å². The summed E-state index contributed by atoms with van der Waals surface area (Å²) in [6.07, 6.45) is 2.91. The Morgan fingerprint density at radius 2 is 2.05 bits per heavy atom. The van der Waals surface area contributed by atoms with E-state index in [1.165, 1.54) is 6.07 Å². The van der Waals surface area contributed by atoms with Gasteiger partial charge in [-0.2, -0.15) is 0 Å². The number of anilines is 1. The van der Waals surface area contributed by atoms with Gasteiger partial charge in [0.25, 0.3) is 0 Å². The molecule has 0 aromatic heterocycles. The molecule has 0 saturated carbocycles. The van der Waals surface area contributed by atoms with E-state index in [2.05, 4.69) is 0 Å². The number of rotatable bonds is 2. The van der Waals surface area contributed by atoms with E-state index >= 15 is 0 Å². The maximum absolute atomic E-state index is 12.8. The highest BCUT2D eigenvalue weighted by Gasteiger charge is 2.67. The van der Waals surface area contributed by atoms with Gasteiger partial charge in [0.2, 0.25) is 11.8 Å². The van der Waals surface area contributed by atoms with Gasteiger partial charge in [0.15, 0.2) is 0 Å². The number of amides is 2. The fourth-order valence-corrected chi connectivity index (χ4v) is 3.95. The molecule has 0 spiro atoms. The Bertz CT molecular complexity index is 734. The van der Waals surface area contributed by atoms with Crippen molar-refractivity contribution in [2.24, 2.45) is 11.8 Å². The summed E-state index contributed by atoms with van der Waals surface area (Å²) in [5.74, 6) is -2.14. The molecule has 2 bridgehead atoms. The molecule has 2 fully saturated rings. The Kier molecular flexibility index (Phi) is 2.94. The molecule has 2 saturated heterocycles. The van der Waals surface area contributed by atoms with Crippen LogP contribution in [0.4, 0.5) is 5.69 Å². The number of carbonyl (C=O) groups is 2. The van der Waals surface area contributed by atoms with E-state index in [4.69, 9.17) is 27.9 Å². The van der Waals surface area contributed by atoms with E-state index in [1.807, 2.05) is 0 Å². The minimum Gasteiger partial charge on any atom is -0.393 e. The minimum absolute atomic E-state index is 0.269. The van der Waals surface area contributed by atoms with Crippen LogP contribution in [0.25, 0.3) is 0 Å². The lowest BCUT2D eigenvalue weighted by Crippen LogP contribution is -2.43. The summed E-state index contributed by atoms with van der Waals surface area (Å²) in [7, 11) is 0. The summed E-state index contributed by atoms with van der Waals surface area (Å²) in [6, 6.07) is 4.62. The van der Waals surface area contributed by atoms with Crippen molar-refractivity contribution in [1.82, 2.24) is 0 Å². The standard InChI is InChI=1S/C15H11Cl2NO4/c16-7-1-2-8(17)9(5-7)18-13(20)11-10-3-4-15(6-19,22-10)12(11)14(18)21/h1-5,10-12,19H,6H2/t10-,11+,12+,15-/m1/s1. The van der Waals surface area contributed by atoms with Crippen molar-refractivity contribution < 1.29 is 19.4 Å². The number of benzene rings is 1. The molecule has 2 amide bonds. The molecule has 22 heavy (non-hydrogen) atoms. The third-order valence-corrected chi connectivity index (χ3v) is 5.11. The van der Waals surface area contributed by atoms with Crippen LogP contribution in [0, 0.1) is 11.8 Å². The van der Waals surface area contributed by atoms with Gasteiger partial charge in [-0.3, -0.25) is 9.59 Å². The average molecular weight is 340 g/mol. The lowest BCUT2D eigenvalue weighted by Gasteiger charge is -2.26. The summed E-state index contributed by atoms with van der Waals surface area (Å²) < 4.78 is 5.67. The van der Waals surface area contributed by atoms with Crippen LogP contribution >= 0.6 is 23.2 Å². The zero-order valence-corrected chi connectivity index (χ0v) is 12.7. The number of hydrogen-bond donors (Lipinski definition) is 1. The summed E-state index contributed by atoms with van der Waals surface area (Å²) in [4.78, 5) is 26.6. The van der Waals surface area contributed by atoms with Crippen LogP contribution < -0.4 is 4.90 Å². The SMILES string of the molecule is O=C1[C@@H]2[C@@H](C(=O)N1c1cc(Cl)ccc1Cl)[C@]1(CO)C=C[C@H]2O1. The Balaban J connectivity index is 1.81. The van der Waals surface area contributed by atoms with Gasteiger partial charge in [-0.25, -0.2) is 4.90 Å². The van der Waals surface area contributed by atoms with Crippen molar-refractivity contribution in [2.45, 2.75) is 11.7 Å². The third-order valence-electron chi connectivity index (χ3n) is 4.55. The number of carbonyl (C=O) groups excluding carboxylic acids is 2. The first-order valence-corrected chi connectivity index (χ1v) is 7.55. The van der Waals surface area contributed by atoms with E-state index < -0.39 is 29.4 Å². The van der Waals surface area contributed by atoms with Gasteiger partial charge in [-0.1, -0.05) is 35.4 Å². The van der Waals surface area contributed by atoms with Gasteiger partial charge in [-0.05, 0) is 18.2 Å². The fourth-order valence-electron chi connectivity index (χ4n) is 3.58. The quantitative estimate of drug-likeness (QED) is 0.659. The van der Waals surface area contributed by atoms with E-state index in [1.54, 1.807) is 24.3 Å². The van der Waals surface area contributed by atoms with Gasteiger partial charge in [0.1, 0.15) is 5.60 Å². The lowest BCUT2D eigenvalue weighted by molar-refractivity contribution is -0.128. The smallest absolute Gasteiger partial charge is 0.241 e. The van der Waals surface area contributed by atoms with Crippen molar-refractivity contribution in [3.8, 4) is 0 Å². The Morgan fingerprint density at radius 3 is 2.77 bits per heavy atom. The molecule has 1 N–H and O–H groups in total. The van der Waals surface area contributed by atoms with Crippen LogP contribution in [0.1, 0.15) is 0 Å². The zero-order chi connectivity index (χ0) is 15.6. The van der Waals surface area contributed by atoms with E-state index in [0.717, 1.165) is 4.90 Å². The summed E-state index contributed by atoms with van der Waals surface area (Å²) in [6.45, 7) is -0.350. The predicted molar refractivity (Wildman–Crippen MR) is 79.8 cm³/mol. The van der Waals surface area contributed by atoms with Crippen LogP contribution in [-0.2, 0) is 14.3 Å². The maximum Gasteiger partial charge on any atom is 0.241 e. The van der Waals surface area contributed by atoms with Crippen molar-refractivity contribution in [2.75, 3.05) is 11.5 Å². The molecular formula is C15H11Cl2NO4. The van der Waals surface area contributed by atoms with Gasteiger partial charge in [0.05, 0.1) is 35.3 Å². The van der Waals surface area contributed by atoms with E-state index in [9.17, 15) is 14.7 Å². The molecule has 3 aliphatic rings. The average Bonchev–Trinajstić information content (AvgIpc) is 3.14. The summed E-state index contributed by atoms with van der Waals surface area (Å²) in [5.41, 5.74) is -0.840. The Labute approximate surface area is 136 Å². The van der Waals surface area contributed by atoms with Gasteiger partial charge in [0, 0.05) is 5.02 Å². The molecule has 5 nitrogen and oxygen atoms in total. The Morgan fingerprint density at radius 1 is 1.27 bits per heavy atom. The van der Waals surface area contributed by atoms with Gasteiger partial charge in [-0.15, -0.1) is 0 Å². The molecule has 0 aliphatic carbocycles. The lowest BCUT2D eigenvalue weighted by atomic mass is 9.77. The first-order valence-electron chi connectivity index (χ1n) is 6.79. The number of ether oxygens (including phenoxy) is 1. The highest BCUT2D eigenvalue weighted by molar-refractivity contribution is 6.37. The normalized spacial score (nSPS) is 35.6. The molecule has 0 unspecified atom stereocenters. The number of fused-ring (bicyclic) bond motifs is 5. The molecular weight excluding hydrogens is 329 g/mol. The number of hydrogen-bond acceptors (Lipinski definition) is 4. The molecule has 3 aliphatic heterocycles. The summed E-state index contributed by atoms with van der Waals surface area (Å²) in [5, 5.41) is 10.3. The van der Waals surface area contributed by atoms with Gasteiger partial charge >= 0.3 is 0 Å². The van der Waals surface area contributed by atoms with Crippen LogP contribution in [-0.4, -0.2) is 35.2 Å². The number of imide groups is 1. The molecule has 1 aromatic carbocycles. The van der Waals surface area contributed by atoms with Crippen molar-refractivity contribution in [3.05, 3.63) is 40.4 Å². The second-order valence-electron chi connectivity index (χ2n) is 5.67. The van der Waals surface area contributed by atoms with Crippen molar-refractivity contribution >= 4 is 40.7 Å². The Hall–Kier alpha value is -1.40. The van der Waals surface area contributed by atoms with Crippen molar-refractivity contribution in [1.29, 1.82) is 0 Å². The molecule has 1 aromatic rings. The fraction of sp³-hybridized carbons (Fsp3) is 0.333. The molecule has 4 rings (SSSR count). The van der Waals surface area contributed by atoms with Crippen LogP contribution in [0.2, 0.25) is 10.0 Å². The molecule has 0 radical (unpaired) electrons. The maximum atomic E-state index is 12.8. The second kappa shape index (κ2) is 4.55. The second-order valence-corrected chi connectivity index (χ2v) is 6.51. The van der Waals surface area contributed by atoms with Crippen LogP contribution in [0.5, 0.6) is 0 Å². The first kappa shape index (κ1) is 14.2. The van der Waals surface area contributed by atoms with E-state index in [0.29, 0.717) is 5.02 Å². The largest absolute Gasteiger partial charge is 0.393 e. The van der Waals surface area contributed by atoms with Crippen LogP contribution in [0.15, 0.2) is 30.4 Å².